The highest BCUT2D eigenvalue weighted by Gasteiger charge is 2.14. The number of aliphatic hydroxyl groups excluding tert-OH is 1. The second-order valence-electron chi connectivity index (χ2n) is 6.02. The van der Waals surface area contributed by atoms with Crippen LogP contribution < -0.4 is 0 Å². The predicted octanol–water partition coefficient (Wildman–Crippen LogP) is 5.03. The molecule has 1 aliphatic rings. The van der Waals surface area contributed by atoms with Gasteiger partial charge in [0.05, 0.1) is 5.52 Å². The number of hydrogen-bond donors (Lipinski definition) is 2. The molecule has 0 spiro atoms. The normalized spacial score (nSPS) is 14.2. The second kappa shape index (κ2) is 7.09. The van der Waals surface area contributed by atoms with Crippen molar-refractivity contribution >= 4 is 10.9 Å². The average Bonchev–Trinajstić information content (AvgIpc) is 2.91. The third kappa shape index (κ3) is 3.62. The number of fused-ring (bicyclic) bond motifs is 1. The van der Waals surface area contributed by atoms with Crippen LogP contribution in [0.4, 0.5) is 13.2 Å². The number of aromatic nitrogens is 1. The van der Waals surface area contributed by atoms with E-state index in [0.717, 1.165) is 6.07 Å². The van der Waals surface area contributed by atoms with Crippen molar-refractivity contribution in [1.29, 1.82) is 0 Å². The Balaban J connectivity index is 0.000000238. The molecule has 0 atom stereocenters. The van der Waals surface area contributed by atoms with Crippen LogP contribution in [0.1, 0.15) is 19.3 Å². The Morgan fingerprint density at radius 2 is 1.67 bits per heavy atom. The van der Waals surface area contributed by atoms with E-state index in [9.17, 15) is 13.2 Å². The molecule has 126 valence electrons. The number of hydrogen-bond acceptors (Lipinski definition) is 1. The fraction of sp³-hybridized carbons (Fsp3) is 0.263. The van der Waals surface area contributed by atoms with Crippen molar-refractivity contribution in [1.82, 2.24) is 4.98 Å². The predicted molar refractivity (Wildman–Crippen MR) is 88.0 cm³/mol. The maximum absolute atomic E-state index is 13.5. The van der Waals surface area contributed by atoms with Crippen molar-refractivity contribution in [2.45, 2.75) is 19.3 Å². The Bertz CT molecular complexity index is 820. The van der Waals surface area contributed by atoms with E-state index in [1.54, 1.807) is 18.2 Å². The molecule has 0 radical (unpaired) electrons. The van der Waals surface area contributed by atoms with Crippen LogP contribution in [0.15, 0.2) is 42.5 Å². The third-order valence-corrected chi connectivity index (χ3v) is 4.28. The number of benzene rings is 2. The minimum atomic E-state index is -0.640. The zero-order chi connectivity index (χ0) is 17.1. The molecule has 5 heteroatoms. The van der Waals surface area contributed by atoms with Crippen LogP contribution in [0.5, 0.6) is 0 Å². The fourth-order valence-corrected chi connectivity index (χ4v) is 2.63. The van der Waals surface area contributed by atoms with E-state index in [4.69, 9.17) is 5.11 Å². The van der Waals surface area contributed by atoms with Crippen LogP contribution in [0.3, 0.4) is 0 Å². The molecule has 1 saturated carbocycles. The van der Waals surface area contributed by atoms with Gasteiger partial charge in [-0.3, -0.25) is 0 Å². The topological polar surface area (TPSA) is 36.0 Å². The largest absolute Gasteiger partial charge is 0.396 e. The first-order valence-corrected chi connectivity index (χ1v) is 7.91. The van der Waals surface area contributed by atoms with E-state index in [-0.39, 0.29) is 11.3 Å². The lowest BCUT2D eigenvalue weighted by atomic mass is 9.86. The Kier molecular flexibility index (Phi) is 4.90. The molecule has 4 rings (SSSR count). The number of nitrogens with one attached hydrogen (secondary N) is 1. The summed E-state index contributed by atoms with van der Waals surface area (Å²) in [5.74, 6) is -0.930. The first-order chi connectivity index (χ1) is 11.6. The highest BCUT2D eigenvalue weighted by Crippen LogP contribution is 2.26. The Morgan fingerprint density at radius 3 is 2.21 bits per heavy atom. The molecule has 0 bridgehead atoms. The van der Waals surface area contributed by atoms with Gasteiger partial charge in [-0.1, -0.05) is 6.42 Å². The number of aromatic amines is 1. The molecular weight excluding hydrogens is 315 g/mol. The van der Waals surface area contributed by atoms with Gasteiger partial charge in [-0.05, 0) is 60.7 Å². The Hall–Kier alpha value is -2.27. The molecule has 1 fully saturated rings. The van der Waals surface area contributed by atoms with E-state index >= 15 is 0 Å². The molecule has 0 aliphatic heterocycles. The summed E-state index contributed by atoms with van der Waals surface area (Å²) < 4.78 is 39.4. The monoisotopic (exact) mass is 333 g/mol. The Labute approximate surface area is 137 Å². The minimum absolute atomic E-state index is 0.246. The third-order valence-electron chi connectivity index (χ3n) is 4.28. The lowest BCUT2D eigenvalue weighted by Gasteiger charge is -2.21. The van der Waals surface area contributed by atoms with Gasteiger partial charge in [0.1, 0.15) is 17.5 Å². The highest BCUT2D eigenvalue weighted by atomic mass is 19.1. The maximum atomic E-state index is 13.5. The van der Waals surface area contributed by atoms with E-state index in [0.29, 0.717) is 29.2 Å². The first-order valence-electron chi connectivity index (χ1n) is 7.91. The van der Waals surface area contributed by atoms with Crippen LogP contribution in [0.25, 0.3) is 22.2 Å². The fourth-order valence-electron chi connectivity index (χ4n) is 2.63. The molecular formula is C19H18F3NO. The van der Waals surface area contributed by atoms with Crippen molar-refractivity contribution in [2.24, 2.45) is 5.92 Å². The molecule has 2 aromatic carbocycles. The van der Waals surface area contributed by atoms with Gasteiger partial charge >= 0.3 is 0 Å². The SMILES string of the molecule is Fc1ccc(-c2cc3cc(F)cc(F)c3[nH]2)cc1.OCC1CCC1. The van der Waals surface area contributed by atoms with Crippen molar-refractivity contribution < 1.29 is 18.3 Å². The molecule has 0 unspecified atom stereocenters. The van der Waals surface area contributed by atoms with E-state index in [2.05, 4.69) is 4.98 Å². The molecule has 1 aromatic heterocycles. The minimum Gasteiger partial charge on any atom is -0.396 e. The quantitative estimate of drug-likeness (QED) is 0.678. The summed E-state index contributed by atoms with van der Waals surface area (Å²) in [4.78, 5) is 2.86. The number of H-pyrrole nitrogens is 1. The molecule has 1 heterocycles. The van der Waals surface area contributed by atoms with Crippen molar-refractivity contribution in [3.63, 3.8) is 0 Å². The lowest BCUT2D eigenvalue weighted by Crippen LogP contribution is -2.14. The molecule has 3 aromatic rings. The summed E-state index contributed by atoms with van der Waals surface area (Å²) in [6, 6.07) is 9.50. The van der Waals surface area contributed by atoms with Crippen molar-refractivity contribution in [3.05, 3.63) is 59.9 Å². The molecule has 24 heavy (non-hydrogen) atoms. The van der Waals surface area contributed by atoms with Crippen LogP contribution in [0, 0.1) is 23.4 Å². The number of aliphatic hydroxyl groups is 1. The summed E-state index contributed by atoms with van der Waals surface area (Å²) in [7, 11) is 0. The standard InChI is InChI=1S/C14H8F3N.C5H10O/c15-10-3-1-8(2-4-10)13-6-9-5-11(16)7-12(17)14(9)18-13;6-4-5-2-1-3-5/h1-7,18H;5-6H,1-4H2. The Morgan fingerprint density at radius 1 is 0.958 bits per heavy atom. The number of halogens is 3. The van der Waals surface area contributed by atoms with Crippen LogP contribution in [-0.2, 0) is 0 Å². The zero-order valence-corrected chi connectivity index (χ0v) is 13.0. The van der Waals surface area contributed by atoms with Gasteiger partial charge in [0.15, 0.2) is 0 Å². The van der Waals surface area contributed by atoms with Gasteiger partial charge < -0.3 is 10.1 Å². The molecule has 0 amide bonds. The van der Waals surface area contributed by atoms with Gasteiger partial charge in [0, 0.05) is 23.8 Å². The van der Waals surface area contributed by atoms with Crippen LogP contribution in [0.2, 0.25) is 0 Å². The smallest absolute Gasteiger partial charge is 0.150 e. The molecule has 1 aliphatic carbocycles. The summed E-state index contributed by atoms with van der Waals surface area (Å²) >= 11 is 0. The van der Waals surface area contributed by atoms with Gasteiger partial charge in [-0.15, -0.1) is 0 Å². The van der Waals surface area contributed by atoms with Crippen LogP contribution in [-0.4, -0.2) is 16.7 Å². The van der Waals surface area contributed by atoms with Gasteiger partial charge in [-0.25, -0.2) is 13.2 Å². The zero-order valence-electron chi connectivity index (χ0n) is 13.0. The lowest BCUT2D eigenvalue weighted by molar-refractivity contribution is 0.163. The number of rotatable bonds is 2. The molecule has 0 saturated heterocycles. The second-order valence-corrected chi connectivity index (χ2v) is 6.02. The average molecular weight is 333 g/mol. The summed E-state index contributed by atoms with van der Waals surface area (Å²) in [5, 5.41) is 8.84. The molecule has 2 nitrogen and oxygen atoms in total. The van der Waals surface area contributed by atoms with Crippen molar-refractivity contribution in [3.8, 4) is 11.3 Å². The van der Waals surface area contributed by atoms with E-state index < -0.39 is 11.6 Å². The summed E-state index contributed by atoms with van der Waals surface area (Å²) in [6.07, 6.45) is 3.86. The van der Waals surface area contributed by atoms with E-state index in [1.165, 1.54) is 37.5 Å². The highest BCUT2D eigenvalue weighted by molar-refractivity contribution is 5.86. The van der Waals surface area contributed by atoms with Gasteiger partial charge in [-0.2, -0.15) is 0 Å². The van der Waals surface area contributed by atoms with Crippen molar-refractivity contribution in [2.75, 3.05) is 6.61 Å². The maximum Gasteiger partial charge on any atom is 0.150 e. The van der Waals surface area contributed by atoms with Crippen LogP contribution >= 0.6 is 0 Å². The van der Waals surface area contributed by atoms with Gasteiger partial charge in [0.2, 0.25) is 0 Å². The molecule has 2 N–H and O–H groups in total. The summed E-state index contributed by atoms with van der Waals surface area (Å²) in [6.45, 7) is 0.417. The summed E-state index contributed by atoms with van der Waals surface area (Å²) in [5.41, 5.74) is 1.58. The first kappa shape index (κ1) is 16.6. The van der Waals surface area contributed by atoms with Gasteiger partial charge in [0.25, 0.3) is 0 Å². The van der Waals surface area contributed by atoms with E-state index in [1.807, 2.05) is 0 Å².